The maximum absolute atomic E-state index is 13.9. The number of rotatable bonds is 6. The molecule has 21 heavy (non-hydrogen) atoms. The highest BCUT2D eigenvalue weighted by Crippen LogP contribution is 2.27. The van der Waals surface area contributed by atoms with Crippen LogP contribution in [0.2, 0.25) is 0 Å². The molecular weight excluding hydrogens is 271 g/mol. The summed E-state index contributed by atoms with van der Waals surface area (Å²) in [7, 11) is 0. The van der Waals surface area contributed by atoms with Crippen LogP contribution in [0.1, 0.15) is 38.8 Å². The average molecular weight is 292 g/mol. The van der Waals surface area contributed by atoms with Gasteiger partial charge in [-0.25, -0.2) is 14.1 Å². The molecule has 0 amide bonds. The van der Waals surface area contributed by atoms with Gasteiger partial charge in [0.15, 0.2) is 17.4 Å². The molecule has 0 radical (unpaired) electrons. The fourth-order valence-electron chi connectivity index (χ4n) is 2.03. The average Bonchev–Trinajstić information content (AvgIpc) is 2.89. The van der Waals surface area contributed by atoms with Crippen LogP contribution >= 0.6 is 0 Å². The van der Waals surface area contributed by atoms with Crippen LogP contribution in [-0.4, -0.2) is 21.4 Å². The van der Waals surface area contributed by atoms with E-state index in [1.807, 2.05) is 20.8 Å². The summed E-state index contributed by atoms with van der Waals surface area (Å²) in [6.07, 6.45) is 2.26. The van der Waals surface area contributed by atoms with Crippen LogP contribution in [0.3, 0.4) is 0 Å². The minimum Gasteiger partial charge on any atom is -0.490 e. The first kappa shape index (κ1) is 15.3. The van der Waals surface area contributed by atoms with Gasteiger partial charge >= 0.3 is 0 Å². The van der Waals surface area contributed by atoms with Crippen LogP contribution in [-0.2, 0) is 12.8 Å². The molecule has 0 spiro atoms. The predicted molar refractivity (Wildman–Crippen MR) is 80.3 cm³/mol. The number of hydrogen-bond acceptors (Lipinski definition) is 4. The fraction of sp³-hybridized carbons (Fsp3) is 0.467. The molecule has 114 valence electrons. The number of nitrogens with zero attached hydrogens (tertiary/aromatic N) is 3. The van der Waals surface area contributed by atoms with Gasteiger partial charge in [0.25, 0.3) is 0 Å². The maximum Gasteiger partial charge on any atom is 0.167 e. The molecule has 1 aromatic heterocycles. The van der Waals surface area contributed by atoms with E-state index in [1.54, 1.807) is 10.7 Å². The minimum atomic E-state index is -0.460. The molecule has 0 aliphatic carbocycles. The summed E-state index contributed by atoms with van der Waals surface area (Å²) in [6, 6.07) is 2.86. The molecule has 0 saturated heterocycles. The zero-order valence-corrected chi connectivity index (χ0v) is 12.7. The van der Waals surface area contributed by atoms with Crippen LogP contribution in [0.15, 0.2) is 12.1 Å². The summed E-state index contributed by atoms with van der Waals surface area (Å²) in [5, 5.41) is 4.43. The highest BCUT2D eigenvalue weighted by atomic mass is 19.1. The Bertz CT molecular complexity index is 624. The number of ether oxygens (including phenoxy) is 1. The normalized spacial score (nSPS) is 10.9. The van der Waals surface area contributed by atoms with E-state index >= 15 is 0 Å². The molecular formula is C15H21FN4O. The molecule has 2 rings (SSSR count). The Balaban J connectivity index is 2.49. The van der Waals surface area contributed by atoms with Crippen molar-refractivity contribution in [2.75, 3.05) is 12.3 Å². The van der Waals surface area contributed by atoms with E-state index in [0.29, 0.717) is 18.0 Å². The van der Waals surface area contributed by atoms with Gasteiger partial charge in [0.2, 0.25) is 0 Å². The molecule has 0 bridgehead atoms. The van der Waals surface area contributed by atoms with Crippen molar-refractivity contribution in [3.8, 4) is 11.4 Å². The SMILES string of the molecule is CCCOc1cc(-n2nc(CC)nc2CC)c(N)cc1F. The van der Waals surface area contributed by atoms with E-state index in [4.69, 9.17) is 10.5 Å². The summed E-state index contributed by atoms with van der Waals surface area (Å²) >= 11 is 0. The van der Waals surface area contributed by atoms with E-state index in [2.05, 4.69) is 10.1 Å². The molecule has 2 N–H and O–H groups in total. The maximum atomic E-state index is 13.9. The summed E-state index contributed by atoms with van der Waals surface area (Å²) in [5.74, 6) is 1.27. The second-order valence-electron chi connectivity index (χ2n) is 4.75. The van der Waals surface area contributed by atoms with E-state index < -0.39 is 5.82 Å². The number of nitrogen functional groups attached to an aromatic ring is 1. The largest absolute Gasteiger partial charge is 0.490 e. The Kier molecular flexibility index (Phi) is 4.77. The van der Waals surface area contributed by atoms with Gasteiger partial charge < -0.3 is 10.5 Å². The number of aromatic nitrogens is 3. The van der Waals surface area contributed by atoms with Crippen LogP contribution in [0, 0.1) is 5.82 Å². The Morgan fingerprint density at radius 3 is 2.62 bits per heavy atom. The third-order valence-corrected chi connectivity index (χ3v) is 3.12. The lowest BCUT2D eigenvalue weighted by Gasteiger charge is -2.12. The van der Waals surface area contributed by atoms with Crippen LogP contribution < -0.4 is 10.5 Å². The number of hydrogen-bond donors (Lipinski definition) is 1. The van der Waals surface area contributed by atoms with E-state index in [0.717, 1.165) is 30.9 Å². The molecule has 2 aromatic rings. The Labute approximate surface area is 123 Å². The molecule has 1 aromatic carbocycles. The first-order valence-corrected chi connectivity index (χ1v) is 7.27. The topological polar surface area (TPSA) is 66.0 Å². The van der Waals surface area contributed by atoms with Crippen molar-refractivity contribution in [2.24, 2.45) is 0 Å². The van der Waals surface area contributed by atoms with Crippen molar-refractivity contribution in [3.63, 3.8) is 0 Å². The van der Waals surface area contributed by atoms with Crippen LogP contribution in [0.4, 0.5) is 10.1 Å². The van der Waals surface area contributed by atoms with Crippen molar-refractivity contribution < 1.29 is 9.13 Å². The highest BCUT2D eigenvalue weighted by Gasteiger charge is 2.15. The van der Waals surface area contributed by atoms with Gasteiger partial charge in [0.05, 0.1) is 18.0 Å². The zero-order chi connectivity index (χ0) is 15.4. The van der Waals surface area contributed by atoms with Crippen molar-refractivity contribution in [3.05, 3.63) is 29.6 Å². The van der Waals surface area contributed by atoms with Gasteiger partial charge in [0, 0.05) is 25.0 Å². The Hall–Kier alpha value is -2.11. The smallest absolute Gasteiger partial charge is 0.167 e. The molecule has 0 unspecified atom stereocenters. The molecule has 1 heterocycles. The van der Waals surface area contributed by atoms with E-state index in [-0.39, 0.29) is 5.75 Å². The van der Waals surface area contributed by atoms with E-state index in [9.17, 15) is 4.39 Å². The lowest BCUT2D eigenvalue weighted by atomic mass is 10.2. The molecule has 0 fully saturated rings. The van der Waals surface area contributed by atoms with Gasteiger partial charge in [-0.1, -0.05) is 20.8 Å². The van der Waals surface area contributed by atoms with Crippen molar-refractivity contribution in [1.82, 2.24) is 14.8 Å². The Morgan fingerprint density at radius 2 is 2.00 bits per heavy atom. The van der Waals surface area contributed by atoms with Crippen LogP contribution in [0.25, 0.3) is 5.69 Å². The molecule has 0 atom stereocenters. The van der Waals surface area contributed by atoms with Gasteiger partial charge in [-0.05, 0) is 6.42 Å². The second-order valence-corrected chi connectivity index (χ2v) is 4.75. The molecule has 5 nitrogen and oxygen atoms in total. The number of benzene rings is 1. The predicted octanol–water partition coefficient (Wildman–Crippen LogP) is 2.90. The molecule has 0 aliphatic rings. The second kappa shape index (κ2) is 6.56. The minimum absolute atomic E-state index is 0.191. The number of aryl methyl sites for hydroxylation is 2. The van der Waals surface area contributed by atoms with Gasteiger partial charge in [-0.3, -0.25) is 0 Å². The number of nitrogens with two attached hydrogens (primary N) is 1. The third-order valence-electron chi connectivity index (χ3n) is 3.12. The lowest BCUT2D eigenvalue weighted by molar-refractivity contribution is 0.301. The van der Waals surface area contributed by atoms with Gasteiger partial charge in [-0.15, -0.1) is 0 Å². The standard InChI is InChI=1S/C15H21FN4O/c1-4-7-21-13-9-12(11(17)8-10(13)16)20-15(6-3)18-14(5-2)19-20/h8-9H,4-7,17H2,1-3H3. The fourth-order valence-corrected chi connectivity index (χ4v) is 2.03. The molecule has 0 saturated carbocycles. The molecule has 0 aliphatic heterocycles. The quantitative estimate of drug-likeness (QED) is 0.831. The van der Waals surface area contributed by atoms with Gasteiger partial charge in [-0.2, -0.15) is 5.10 Å². The third kappa shape index (κ3) is 3.15. The zero-order valence-electron chi connectivity index (χ0n) is 12.7. The highest BCUT2D eigenvalue weighted by molar-refractivity contribution is 5.61. The van der Waals surface area contributed by atoms with Crippen molar-refractivity contribution >= 4 is 5.69 Å². The van der Waals surface area contributed by atoms with Crippen molar-refractivity contribution in [2.45, 2.75) is 40.0 Å². The lowest BCUT2D eigenvalue weighted by Crippen LogP contribution is -2.08. The first-order valence-electron chi connectivity index (χ1n) is 7.27. The van der Waals surface area contributed by atoms with Crippen LogP contribution in [0.5, 0.6) is 5.75 Å². The summed E-state index contributed by atoms with van der Waals surface area (Å²) in [6.45, 7) is 6.41. The van der Waals surface area contributed by atoms with E-state index in [1.165, 1.54) is 6.07 Å². The summed E-state index contributed by atoms with van der Waals surface area (Å²) in [5.41, 5.74) is 6.86. The monoisotopic (exact) mass is 292 g/mol. The van der Waals surface area contributed by atoms with Crippen molar-refractivity contribution in [1.29, 1.82) is 0 Å². The first-order chi connectivity index (χ1) is 10.1. The molecule has 6 heteroatoms. The summed E-state index contributed by atoms with van der Waals surface area (Å²) < 4.78 is 21.0. The Morgan fingerprint density at radius 1 is 1.24 bits per heavy atom. The van der Waals surface area contributed by atoms with Gasteiger partial charge in [0.1, 0.15) is 5.82 Å². The number of halogens is 1. The summed E-state index contributed by atoms with van der Waals surface area (Å²) in [4.78, 5) is 4.44. The number of anilines is 1.